The molecule has 24 heavy (non-hydrogen) atoms. The van der Waals surface area contributed by atoms with E-state index in [0.29, 0.717) is 6.42 Å². The van der Waals surface area contributed by atoms with Gasteiger partial charge in [0, 0.05) is 9.99 Å². The van der Waals surface area contributed by atoms with Crippen molar-refractivity contribution in [1.29, 1.82) is 0 Å². The van der Waals surface area contributed by atoms with Crippen LogP contribution in [0.1, 0.15) is 32.6 Å². The average Bonchev–Trinajstić information content (AvgIpc) is 2.48. The van der Waals surface area contributed by atoms with Gasteiger partial charge in [0.15, 0.2) is 5.11 Å². The van der Waals surface area contributed by atoms with Gasteiger partial charge in [0.05, 0.1) is 5.69 Å². The van der Waals surface area contributed by atoms with E-state index < -0.39 is 9.96 Å². The number of alkyl halides is 3. The van der Waals surface area contributed by atoms with Gasteiger partial charge in [-0.2, -0.15) is 0 Å². The fourth-order valence-electron chi connectivity index (χ4n) is 1.82. The summed E-state index contributed by atoms with van der Waals surface area (Å²) in [6, 6.07) is 7.62. The average molecular weight is 523 g/mol. The van der Waals surface area contributed by atoms with Crippen molar-refractivity contribution in [3.63, 3.8) is 0 Å². The summed E-state index contributed by atoms with van der Waals surface area (Å²) < 4.78 is -0.746. The molecule has 0 unspecified atom stereocenters. The van der Waals surface area contributed by atoms with E-state index in [0.717, 1.165) is 28.5 Å². The molecule has 0 aliphatic heterocycles. The van der Waals surface area contributed by atoms with Crippen LogP contribution in [0, 0.1) is 3.57 Å². The summed E-state index contributed by atoms with van der Waals surface area (Å²) in [5, 5.41) is 8.79. The number of nitrogens with one attached hydrogen (secondary N) is 3. The lowest BCUT2D eigenvalue weighted by atomic mass is 10.2. The molecule has 0 saturated heterocycles. The minimum absolute atomic E-state index is 0.190. The molecule has 1 rings (SSSR count). The molecule has 1 atom stereocenters. The molecule has 3 N–H and O–H groups in total. The standard InChI is InChI=1S/C15H19Cl3IN3OS/c1-2-3-4-9-12(23)21-13(15(16,17)18)22-14(24)20-11-8-6-5-7-10(11)19/h5-8,13H,2-4,9H2,1H3,(H,21,23)(H2,20,22,24)/t13-/m0/s1. The molecule has 0 spiro atoms. The number of halogens is 4. The number of carbonyl (C=O) groups excluding carboxylic acids is 1. The van der Waals surface area contributed by atoms with E-state index in [-0.39, 0.29) is 11.0 Å². The first kappa shape index (κ1) is 22.0. The highest BCUT2D eigenvalue weighted by Gasteiger charge is 2.34. The summed E-state index contributed by atoms with van der Waals surface area (Å²) in [6.07, 6.45) is 2.25. The Kier molecular flexibility index (Phi) is 9.96. The zero-order valence-electron chi connectivity index (χ0n) is 13.0. The van der Waals surface area contributed by atoms with Crippen LogP contribution in [0.15, 0.2) is 24.3 Å². The second-order valence-electron chi connectivity index (χ2n) is 5.08. The number of amides is 1. The molecule has 0 aliphatic rings. The van der Waals surface area contributed by atoms with Gasteiger partial charge in [-0.3, -0.25) is 4.79 Å². The van der Waals surface area contributed by atoms with Crippen molar-refractivity contribution in [2.75, 3.05) is 5.32 Å². The van der Waals surface area contributed by atoms with Crippen molar-refractivity contribution in [3.8, 4) is 0 Å². The number of hydrogen-bond acceptors (Lipinski definition) is 2. The lowest BCUT2D eigenvalue weighted by molar-refractivity contribution is -0.122. The zero-order valence-corrected chi connectivity index (χ0v) is 18.3. The van der Waals surface area contributed by atoms with Crippen LogP contribution in [0.3, 0.4) is 0 Å². The van der Waals surface area contributed by atoms with Crippen LogP contribution in [0.5, 0.6) is 0 Å². The maximum Gasteiger partial charge on any atom is 0.228 e. The number of benzene rings is 1. The largest absolute Gasteiger partial charge is 0.339 e. The third-order valence-corrected chi connectivity index (χ3v) is 4.85. The third-order valence-electron chi connectivity index (χ3n) is 3.04. The number of para-hydroxylation sites is 1. The van der Waals surface area contributed by atoms with E-state index in [1.165, 1.54) is 0 Å². The number of carbonyl (C=O) groups is 1. The van der Waals surface area contributed by atoms with Crippen molar-refractivity contribution >= 4 is 86.3 Å². The maximum absolute atomic E-state index is 12.0. The molecule has 9 heteroatoms. The van der Waals surface area contributed by atoms with Crippen LogP contribution in [0.4, 0.5) is 5.69 Å². The first-order chi connectivity index (χ1) is 11.2. The molecule has 0 bridgehead atoms. The highest BCUT2D eigenvalue weighted by Crippen LogP contribution is 2.29. The van der Waals surface area contributed by atoms with Crippen LogP contribution in [0.25, 0.3) is 0 Å². The summed E-state index contributed by atoms with van der Waals surface area (Å²) in [7, 11) is 0. The lowest BCUT2D eigenvalue weighted by Crippen LogP contribution is -2.56. The third kappa shape index (κ3) is 8.38. The van der Waals surface area contributed by atoms with Gasteiger partial charge < -0.3 is 16.0 Å². The Morgan fingerprint density at radius 2 is 1.92 bits per heavy atom. The van der Waals surface area contributed by atoms with E-state index in [2.05, 4.69) is 45.5 Å². The summed E-state index contributed by atoms with van der Waals surface area (Å²) in [5.41, 5.74) is 0.827. The number of anilines is 1. The predicted molar refractivity (Wildman–Crippen MR) is 115 cm³/mol. The minimum Gasteiger partial charge on any atom is -0.339 e. The summed E-state index contributed by atoms with van der Waals surface area (Å²) in [5.74, 6) is -0.190. The van der Waals surface area contributed by atoms with Gasteiger partial charge >= 0.3 is 0 Å². The molecule has 134 valence electrons. The van der Waals surface area contributed by atoms with Crippen molar-refractivity contribution in [2.24, 2.45) is 0 Å². The van der Waals surface area contributed by atoms with Gasteiger partial charge in [-0.05, 0) is 53.4 Å². The zero-order chi connectivity index (χ0) is 18.2. The SMILES string of the molecule is CCCCCC(=O)N[C@@H](NC(=S)Nc1ccccc1I)C(Cl)(Cl)Cl. The summed E-state index contributed by atoms with van der Waals surface area (Å²) >= 11 is 25.3. The lowest BCUT2D eigenvalue weighted by Gasteiger charge is -2.28. The van der Waals surface area contributed by atoms with Crippen LogP contribution >= 0.6 is 69.6 Å². The second kappa shape index (κ2) is 10.9. The summed E-state index contributed by atoms with van der Waals surface area (Å²) in [6.45, 7) is 2.07. The number of hydrogen-bond donors (Lipinski definition) is 3. The monoisotopic (exact) mass is 521 g/mol. The van der Waals surface area contributed by atoms with E-state index >= 15 is 0 Å². The smallest absolute Gasteiger partial charge is 0.228 e. The molecule has 0 fully saturated rings. The number of rotatable bonds is 7. The number of unbranched alkanes of at least 4 members (excludes halogenated alkanes) is 2. The highest BCUT2D eigenvalue weighted by molar-refractivity contribution is 14.1. The molecular weight excluding hydrogens is 504 g/mol. The highest BCUT2D eigenvalue weighted by atomic mass is 127. The molecule has 1 amide bonds. The van der Waals surface area contributed by atoms with Crippen molar-refractivity contribution in [3.05, 3.63) is 27.8 Å². The van der Waals surface area contributed by atoms with E-state index in [9.17, 15) is 4.79 Å². The van der Waals surface area contributed by atoms with Gasteiger partial charge in [-0.25, -0.2) is 0 Å². The van der Waals surface area contributed by atoms with Crippen LogP contribution in [-0.4, -0.2) is 21.0 Å². The van der Waals surface area contributed by atoms with E-state index in [1.54, 1.807) is 0 Å². The van der Waals surface area contributed by atoms with Crippen molar-refractivity contribution in [2.45, 2.75) is 42.6 Å². The Bertz CT molecular complexity index is 569. The van der Waals surface area contributed by atoms with E-state index in [4.69, 9.17) is 47.0 Å². The minimum atomic E-state index is -1.74. The first-order valence-corrected chi connectivity index (χ1v) is 10.0. The van der Waals surface area contributed by atoms with Crippen LogP contribution < -0.4 is 16.0 Å². The fraction of sp³-hybridized carbons (Fsp3) is 0.467. The Morgan fingerprint density at radius 1 is 1.25 bits per heavy atom. The molecule has 0 radical (unpaired) electrons. The predicted octanol–water partition coefficient (Wildman–Crippen LogP) is 4.97. The molecular formula is C15H19Cl3IN3OS. The van der Waals surface area contributed by atoms with Gasteiger partial charge in [0.1, 0.15) is 6.17 Å². The van der Waals surface area contributed by atoms with Gasteiger partial charge in [-0.15, -0.1) is 0 Å². The quantitative estimate of drug-likeness (QED) is 0.156. The Morgan fingerprint density at radius 3 is 2.50 bits per heavy atom. The first-order valence-electron chi connectivity index (χ1n) is 7.42. The van der Waals surface area contributed by atoms with Gasteiger partial charge in [0.25, 0.3) is 0 Å². The van der Waals surface area contributed by atoms with Gasteiger partial charge in [-0.1, -0.05) is 66.7 Å². The van der Waals surface area contributed by atoms with Crippen molar-refractivity contribution < 1.29 is 4.79 Å². The molecule has 0 aromatic heterocycles. The molecule has 0 saturated carbocycles. The fourth-order valence-corrected chi connectivity index (χ4v) is 2.90. The Balaban J connectivity index is 2.64. The molecule has 0 aliphatic carbocycles. The Labute approximate surface area is 176 Å². The van der Waals surface area contributed by atoms with Crippen molar-refractivity contribution in [1.82, 2.24) is 10.6 Å². The molecule has 0 heterocycles. The molecule has 4 nitrogen and oxygen atoms in total. The molecule has 1 aromatic rings. The van der Waals surface area contributed by atoms with E-state index in [1.807, 2.05) is 24.3 Å². The van der Waals surface area contributed by atoms with Crippen LogP contribution in [0.2, 0.25) is 0 Å². The summed E-state index contributed by atoms with van der Waals surface area (Å²) in [4.78, 5) is 12.0. The normalized spacial score (nSPS) is 12.4. The molecule has 1 aromatic carbocycles. The van der Waals surface area contributed by atoms with Gasteiger partial charge in [0.2, 0.25) is 9.70 Å². The maximum atomic E-state index is 12.0. The van der Waals surface area contributed by atoms with Crippen LogP contribution in [-0.2, 0) is 4.79 Å². The number of thiocarbonyl (C=S) groups is 1. The Hall–Kier alpha value is -0.0200. The second-order valence-corrected chi connectivity index (χ2v) is 9.02. The topological polar surface area (TPSA) is 53.2 Å².